The Bertz CT molecular complexity index is 645. The monoisotopic (exact) mass is 371 g/mol. The number of methoxy groups -OCH3 is 1. The number of hydrogen-bond donors (Lipinski definition) is 2. The molecule has 0 spiro atoms. The molecule has 138 valence electrons. The summed E-state index contributed by atoms with van der Waals surface area (Å²) in [5.74, 6) is 0.327. The molecule has 0 heterocycles. The van der Waals surface area contributed by atoms with Gasteiger partial charge in [0.2, 0.25) is 5.91 Å². The van der Waals surface area contributed by atoms with Gasteiger partial charge in [0, 0.05) is 12.1 Å². The van der Waals surface area contributed by atoms with Crippen LogP contribution in [0.25, 0.3) is 6.08 Å². The zero-order valence-corrected chi connectivity index (χ0v) is 17.7. The molecule has 26 heavy (non-hydrogen) atoms. The molecule has 1 amide bonds. The number of carboxylic acids is 1. The molecule has 2 N–H and O–H groups in total. The summed E-state index contributed by atoms with van der Waals surface area (Å²) in [7, 11) is 1.48. The number of ether oxygens (including phenoxy) is 2. The number of nitrogens with one attached hydrogen (secondary N) is 1. The van der Waals surface area contributed by atoms with Crippen molar-refractivity contribution in [3.05, 3.63) is 29.8 Å². The van der Waals surface area contributed by atoms with Crippen LogP contribution in [-0.4, -0.2) is 36.7 Å². The van der Waals surface area contributed by atoms with Gasteiger partial charge < -0.3 is 21.3 Å². The van der Waals surface area contributed by atoms with E-state index in [-0.39, 0.29) is 42.9 Å². The van der Waals surface area contributed by atoms with E-state index < -0.39 is 12.6 Å². The maximum atomic E-state index is 12.1. The van der Waals surface area contributed by atoms with Crippen molar-refractivity contribution in [2.24, 2.45) is 5.92 Å². The van der Waals surface area contributed by atoms with Crippen LogP contribution in [0.2, 0.25) is 0 Å². The van der Waals surface area contributed by atoms with Gasteiger partial charge >= 0.3 is 35.5 Å². The molecule has 0 bridgehead atoms. The minimum absolute atomic E-state index is 0. The molecule has 0 aliphatic heterocycles. The van der Waals surface area contributed by atoms with Gasteiger partial charge in [0.05, 0.1) is 7.11 Å². The quantitative estimate of drug-likeness (QED) is 0.520. The van der Waals surface area contributed by atoms with E-state index in [0.29, 0.717) is 11.5 Å². The van der Waals surface area contributed by atoms with E-state index in [4.69, 9.17) is 14.6 Å². The van der Waals surface area contributed by atoms with Crippen molar-refractivity contribution in [2.45, 2.75) is 38.6 Å². The fraction of sp³-hybridized carbons (Fsp3) is 0.474. The Balaban J connectivity index is 0.00000338. The molecule has 6 nitrogen and oxygen atoms in total. The second kappa shape index (κ2) is 11.3. The normalized spacial score (nSPS) is 19.5. The standard InChI is InChI=1S/C19H25NO5.Na.H/c1-13-3-7-15(8-4-13)20-18(21)10-6-14-5-9-16(24-2)17(11-14)25-12-19(22)23;;/h5-6,9-11,13,15H,3-4,7-8,12H2,1-2H3,(H,20,21)(H,22,23);;/q;+1;-1. The molecule has 0 aromatic heterocycles. The first-order chi connectivity index (χ1) is 12.0. The van der Waals surface area contributed by atoms with E-state index in [9.17, 15) is 9.59 Å². The van der Waals surface area contributed by atoms with E-state index in [2.05, 4.69) is 12.2 Å². The first kappa shape index (κ1) is 22.5. The fourth-order valence-electron chi connectivity index (χ4n) is 2.87. The summed E-state index contributed by atoms with van der Waals surface area (Å²) in [6, 6.07) is 5.35. The third-order valence-electron chi connectivity index (χ3n) is 4.33. The predicted octanol–water partition coefficient (Wildman–Crippen LogP) is -0.0168. The predicted molar refractivity (Wildman–Crippen MR) is 95.8 cm³/mol. The molecule has 1 aliphatic carbocycles. The number of benzene rings is 1. The molecule has 1 aliphatic rings. The van der Waals surface area contributed by atoms with Gasteiger partial charge in [-0.1, -0.05) is 13.0 Å². The van der Waals surface area contributed by atoms with Gasteiger partial charge in [0.15, 0.2) is 18.1 Å². The van der Waals surface area contributed by atoms with Crippen molar-refractivity contribution in [3.8, 4) is 11.5 Å². The van der Waals surface area contributed by atoms with Crippen molar-refractivity contribution in [1.29, 1.82) is 0 Å². The molecule has 0 atom stereocenters. The summed E-state index contributed by atoms with van der Waals surface area (Å²) in [6.07, 6.45) is 7.51. The maximum absolute atomic E-state index is 12.1. The molecule has 1 aromatic carbocycles. The second-order valence-corrected chi connectivity index (χ2v) is 6.39. The molecule has 1 aromatic rings. The molecular weight excluding hydrogens is 345 g/mol. The first-order valence-corrected chi connectivity index (χ1v) is 8.49. The van der Waals surface area contributed by atoms with E-state index in [1.54, 1.807) is 24.3 Å². The van der Waals surface area contributed by atoms with Gasteiger partial charge in [-0.15, -0.1) is 0 Å². The average Bonchev–Trinajstić information content (AvgIpc) is 2.60. The molecule has 0 saturated heterocycles. The summed E-state index contributed by atoms with van der Waals surface area (Å²) in [4.78, 5) is 22.7. The number of aliphatic carboxylic acids is 1. The number of hydrogen-bond acceptors (Lipinski definition) is 4. The summed E-state index contributed by atoms with van der Waals surface area (Å²) in [5.41, 5.74) is 0.730. The van der Waals surface area contributed by atoms with Crippen molar-refractivity contribution >= 4 is 18.0 Å². The zero-order chi connectivity index (χ0) is 18.2. The Morgan fingerprint density at radius 1 is 1.27 bits per heavy atom. The molecule has 2 rings (SSSR count). The number of carbonyl (C=O) groups is 2. The fourth-order valence-corrected chi connectivity index (χ4v) is 2.87. The zero-order valence-electron chi connectivity index (χ0n) is 16.7. The van der Waals surface area contributed by atoms with Crippen molar-refractivity contribution in [2.75, 3.05) is 13.7 Å². The van der Waals surface area contributed by atoms with Crippen molar-refractivity contribution in [3.63, 3.8) is 0 Å². The van der Waals surface area contributed by atoms with Gasteiger partial charge in [-0.3, -0.25) is 4.79 Å². The van der Waals surface area contributed by atoms with Gasteiger partial charge in [-0.05, 0) is 55.4 Å². The van der Waals surface area contributed by atoms with Crippen molar-refractivity contribution in [1.82, 2.24) is 5.32 Å². The Morgan fingerprint density at radius 2 is 1.96 bits per heavy atom. The molecule has 1 saturated carbocycles. The third-order valence-corrected chi connectivity index (χ3v) is 4.33. The number of carboxylic acid groups (broad SMARTS) is 1. The van der Waals surface area contributed by atoms with Crippen LogP contribution in [0.3, 0.4) is 0 Å². The minimum atomic E-state index is -1.07. The largest absolute Gasteiger partial charge is 1.00 e. The summed E-state index contributed by atoms with van der Waals surface area (Å²) < 4.78 is 10.4. The summed E-state index contributed by atoms with van der Waals surface area (Å²) in [6.45, 7) is 1.79. The molecule has 0 radical (unpaired) electrons. The second-order valence-electron chi connectivity index (χ2n) is 6.39. The van der Waals surface area contributed by atoms with Gasteiger partial charge in [-0.2, -0.15) is 0 Å². The maximum Gasteiger partial charge on any atom is 1.00 e. The van der Waals surface area contributed by atoms with E-state index in [1.165, 1.54) is 13.2 Å². The van der Waals surface area contributed by atoms with E-state index in [0.717, 1.165) is 37.2 Å². The summed E-state index contributed by atoms with van der Waals surface area (Å²) >= 11 is 0. The minimum Gasteiger partial charge on any atom is -1.00 e. The van der Waals surface area contributed by atoms with Crippen LogP contribution in [-0.2, 0) is 9.59 Å². The summed E-state index contributed by atoms with van der Waals surface area (Å²) in [5, 5.41) is 11.8. The topological polar surface area (TPSA) is 84.9 Å². The SMILES string of the molecule is COc1ccc(C=CC(=O)NC2CCC(C)CC2)cc1OCC(=O)O.[H-].[Na+]. The van der Waals surface area contributed by atoms with Crippen LogP contribution in [0, 0.1) is 5.92 Å². The number of amides is 1. The Hall–Kier alpha value is -1.50. The van der Waals surface area contributed by atoms with Crippen LogP contribution in [0.1, 0.15) is 39.6 Å². The molecule has 1 fully saturated rings. The Labute approximate surface area is 177 Å². The van der Waals surface area contributed by atoms with Crippen LogP contribution in [0.4, 0.5) is 0 Å². The van der Waals surface area contributed by atoms with E-state index >= 15 is 0 Å². The Morgan fingerprint density at radius 3 is 2.58 bits per heavy atom. The van der Waals surface area contributed by atoms with Crippen LogP contribution in [0.15, 0.2) is 24.3 Å². The van der Waals surface area contributed by atoms with Crippen LogP contribution < -0.4 is 44.3 Å². The molecule has 7 heteroatoms. The number of rotatable bonds is 7. The van der Waals surface area contributed by atoms with Crippen molar-refractivity contribution < 1.29 is 55.2 Å². The van der Waals surface area contributed by atoms with Gasteiger partial charge in [0.25, 0.3) is 0 Å². The Kier molecular flexibility index (Phi) is 9.76. The average molecular weight is 371 g/mol. The molecular formula is C19H26NNaO5. The van der Waals surface area contributed by atoms with Gasteiger partial charge in [-0.25, -0.2) is 4.79 Å². The van der Waals surface area contributed by atoms with Crippen LogP contribution in [0.5, 0.6) is 11.5 Å². The third kappa shape index (κ3) is 7.40. The van der Waals surface area contributed by atoms with Gasteiger partial charge in [0.1, 0.15) is 0 Å². The smallest absolute Gasteiger partial charge is 1.00 e. The van der Waals surface area contributed by atoms with Crippen LogP contribution >= 0.6 is 0 Å². The number of carbonyl (C=O) groups excluding carboxylic acids is 1. The van der Waals surface area contributed by atoms with E-state index in [1.807, 2.05) is 0 Å². The molecule has 0 unspecified atom stereocenters. The first-order valence-electron chi connectivity index (χ1n) is 8.49.